The third-order valence-corrected chi connectivity index (χ3v) is 6.69. The van der Waals surface area contributed by atoms with E-state index in [2.05, 4.69) is 17.0 Å². The fourth-order valence-corrected chi connectivity index (χ4v) is 4.64. The lowest BCUT2D eigenvalue weighted by molar-refractivity contribution is 0.0968. The zero-order valence-electron chi connectivity index (χ0n) is 18.1. The number of carbonyl (C=O) groups excluding carboxylic acids is 1. The Labute approximate surface area is 203 Å². The van der Waals surface area contributed by atoms with E-state index in [0.717, 1.165) is 28.1 Å². The number of para-hydroxylation sites is 1. The van der Waals surface area contributed by atoms with Gasteiger partial charge in [-0.3, -0.25) is 9.69 Å². The van der Waals surface area contributed by atoms with E-state index in [9.17, 15) is 4.79 Å². The third-order valence-electron chi connectivity index (χ3n) is 5.95. The van der Waals surface area contributed by atoms with Gasteiger partial charge in [-0.05, 0) is 54.4 Å². The lowest BCUT2D eigenvalue weighted by Gasteiger charge is -2.46. The van der Waals surface area contributed by atoms with Gasteiger partial charge in [0.25, 0.3) is 5.91 Å². The maximum Gasteiger partial charge on any atom is 0.262 e. The van der Waals surface area contributed by atoms with Gasteiger partial charge in [-0.15, -0.1) is 0 Å². The molecule has 164 valence electrons. The smallest absolute Gasteiger partial charge is 0.262 e. The highest BCUT2D eigenvalue weighted by atomic mass is 35.5. The molecule has 0 saturated carbocycles. The van der Waals surface area contributed by atoms with Crippen molar-refractivity contribution in [3.63, 3.8) is 0 Å². The molecule has 0 bridgehead atoms. The Morgan fingerprint density at radius 3 is 2.21 bits per heavy atom. The summed E-state index contributed by atoms with van der Waals surface area (Å²) in [5, 5.41) is 0.948. The van der Waals surface area contributed by atoms with Gasteiger partial charge in [0.05, 0.1) is 21.3 Å². The molecule has 0 aromatic heterocycles. The molecule has 1 aliphatic rings. The van der Waals surface area contributed by atoms with Crippen LogP contribution in [0.4, 0.5) is 11.4 Å². The summed E-state index contributed by atoms with van der Waals surface area (Å²) in [5.74, 6) is -0.0464. The predicted molar refractivity (Wildman–Crippen MR) is 136 cm³/mol. The van der Waals surface area contributed by atoms with Gasteiger partial charge in [-0.1, -0.05) is 89.4 Å². The number of amides is 1. The van der Waals surface area contributed by atoms with Crippen molar-refractivity contribution in [2.45, 2.75) is 19.6 Å². The predicted octanol–water partition coefficient (Wildman–Crippen LogP) is 7.67. The van der Waals surface area contributed by atoms with E-state index in [4.69, 9.17) is 23.2 Å². The van der Waals surface area contributed by atoms with Gasteiger partial charge in [0.1, 0.15) is 6.17 Å². The van der Waals surface area contributed by atoms with Crippen LogP contribution in [0.1, 0.15) is 33.2 Å². The molecule has 0 spiro atoms. The second-order valence-corrected chi connectivity index (χ2v) is 9.00. The van der Waals surface area contributed by atoms with E-state index in [1.54, 1.807) is 6.07 Å². The van der Waals surface area contributed by atoms with Crippen LogP contribution in [-0.2, 0) is 6.54 Å². The summed E-state index contributed by atoms with van der Waals surface area (Å²) in [7, 11) is 0. The van der Waals surface area contributed by atoms with Crippen molar-refractivity contribution in [2.75, 3.05) is 9.80 Å². The lowest BCUT2D eigenvalue weighted by atomic mass is 9.99. The number of nitrogens with zero attached hydrogens (tertiary/aromatic N) is 2. The Morgan fingerprint density at radius 2 is 1.48 bits per heavy atom. The van der Waals surface area contributed by atoms with E-state index in [1.807, 2.05) is 90.7 Å². The average Bonchev–Trinajstić information content (AvgIpc) is 2.84. The summed E-state index contributed by atoms with van der Waals surface area (Å²) < 4.78 is 0. The largest absolute Gasteiger partial charge is 0.342 e. The molecule has 4 aromatic carbocycles. The second-order valence-electron chi connectivity index (χ2n) is 8.19. The van der Waals surface area contributed by atoms with E-state index >= 15 is 0 Å². The standard InChI is InChI=1S/C28H22Cl2N2O/c1-19-11-14-22(15-12-19)32-27(21-13-16-24(29)25(30)17-21)31(18-20-7-3-2-4-8-20)26-10-6-5-9-23(26)28(32)33/h2-17,27H,18H2,1H3/t27-/m0/s1. The molecule has 0 saturated heterocycles. The molecule has 1 heterocycles. The quantitative estimate of drug-likeness (QED) is 0.304. The Bertz CT molecular complexity index is 1310. The highest BCUT2D eigenvalue weighted by molar-refractivity contribution is 6.42. The zero-order valence-corrected chi connectivity index (χ0v) is 19.6. The van der Waals surface area contributed by atoms with E-state index in [1.165, 1.54) is 0 Å². The lowest BCUT2D eigenvalue weighted by Crippen LogP contribution is -2.49. The summed E-state index contributed by atoms with van der Waals surface area (Å²) in [6.07, 6.45) is -0.398. The Balaban J connectivity index is 1.74. The number of hydrogen-bond acceptors (Lipinski definition) is 2. The summed E-state index contributed by atoms with van der Waals surface area (Å²) in [5.41, 5.74) is 5.57. The molecule has 0 radical (unpaired) electrons. The van der Waals surface area contributed by atoms with Gasteiger partial charge >= 0.3 is 0 Å². The summed E-state index contributed by atoms with van der Waals surface area (Å²) in [6, 6.07) is 31.7. The molecule has 4 aromatic rings. The molecule has 0 aliphatic carbocycles. The molecular weight excluding hydrogens is 451 g/mol. The highest BCUT2D eigenvalue weighted by Gasteiger charge is 2.39. The van der Waals surface area contributed by atoms with Crippen LogP contribution in [0.25, 0.3) is 0 Å². The first-order valence-corrected chi connectivity index (χ1v) is 11.5. The molecule has 0 unspecified atom stereocenters. The molecule has 1 atom stereocenters. The summed E-state index contributed by atoms with van der Waals surface area (Å²) in [4.78, 5) is 18.0. The molecule has 1 aliphatic heterocycles. The minimum atomic E-state index is -0.398. The van der Waals surface area contributed by atoms with Crippen LogP contribution in [0.5, 0.6) is 0 Å². The molecule has 5 rings (SSSR count). The minimum Gasteiger partial charge on any atom is -0.342 e. The molecular formula is C28H22Cl2N2O. The number of benzene rings is 4. The van der Waals surface area contributed by atoms with Gasteiger partial charge < -0.3 is 4.90 Å². The maximum absolute atomic E-state index is 13.9. The second kappa shape index (κ2) is 8.93. The zero-order chi connectivity index (χ0) is 22.9. The van der Waals surface area contributed by atoms with Gasteiger partial charge in [-0.25, -0.2) is 0 Å². The first-order valence-electron chi connectivity index (χ1n) is 10.8. The normalized spacial score (nSPS) is 15.5. The van der Waals surface area contributed by atoms with Crippen LogP contribution >= 0.6 is 23.2 Å². The maximum atomic E-state index is 13.9. The van der Waals surface area contributed by atoms with Crippen molar-refractivity contribution in [1.82, 2.24) is 0 Å². The molecule has 5 heteroatoms. The Morgan fingerprint density at radius 1 is 0.788 bits per heavy atom. The molecule has 33 heavy (non-hydrogen) atoms. The van der Waals surface area contributed by atoms with E-state index in [0.29, 0.717) is 22.2 Å². The van der Waals surface area contributed by atoms with Crippen LogP contribution in [0.15, 0.2) is 97.1 Å². The van der Waals surface area contributed by atoms with E-state index in [-0.39, 0.29) is 5.91 Å². The first kappa shape index (κ1) is 21.6. The Kier molecular flexibility index (Phi) is 5.84. The fraction of sp³-hybridized carbons (Fsp3) is 0.107. The molecule has 0 N–H and O–H groups in total. The third kappa shape index (κ3) is 4.10. The number of anilines is 2. The van der Waals surface area contributed by atoms with Crippen molar-refractivity contribution >= 4 is 40.5 Å². The average molecular weight is 473 g/mol. The summed E-state index contributed by atoms with van der Waals surface area (Å²) in [6.45, 7) is 2.66. The molecule has 0 fully saturated rings. The van der Waals surface area contributed by atoms with Crippen molar-refractivity contribution in [3.8, 4) is 0 Å². The van der Waals surface area contributed by atoms with Crippen LogP contribution in [0.2, 0.25) is 10.0 Å². The topological polar surface area (TPSA) is 23.6 Å². The number of carbonyl (C=O) groups is 1. The number of rotatable bonds is 4. The van der Waals surface area contributed by atoms with Crippen LogP contribution in [0.3, 0.4) is 0 Å². The number of hydrogen-bond donors (Lipinski definition) is 0. The van der Waals surface area contributed by atoms with E-state index < -0.39 is 6.17 Å². The minimum absolute atomic E-state index is 0.0464. The van der Waals surface area contributed by atoms with Crippen molar-refractivity contribution < 1.29 is 4.79 Å². The van der Waals surface area contributed by atoms with Gasteiger partial charge in [-0.2, -0.15) is 0 Å². The first-order chi connectivity index (χ1) is 16.0. The number of aryl methyl sites for hydroxylation is 1. The number of halogens is 2. The molecule has 1 amide bonds. The highest BCUT2D eigenvalue weighted by Crippen LogP contribution is 2.43. The van der Waals surface area contributed by atoms with Gasteiger partial charge in [0.15, 0.2) is 0 Å². The van der Waals surface area contributed by atoms with Gasteiger partial charge in [0.2, 0.25) is 0 Å². The van der Waals surface area contributed by atoms with Crippen molar-refractivity contribution in [2.24, 2.45) is 0 Å². The fourth-order valence-electron chi connectivity index (χ4n) is 4.33. The van der Waals surface area contributed by atoms with Crippen LogP contribution in [0, 0.1) is 6.92 Å². The van der Waals surface area contributed by atoms with Crippen molar-refractivity contribution in [3.05, 3.63) is 129 Å². The monoisotopic (exact) mass is 472 g/mol. The Hall–Kier alpha value is -3.27. The number of fused-ring (bicyclic) bond motifs is 1. The molecule has 3 nitrogen and oxygen atoms in total. The van der Waals surface area contributed by atoms with Crippen molar-refractivity contribution in [1.29, 1.82) is 0 Å². The SMILES string of the molecule is Cc1ccc(N2C(=O)c3ccccc3N(Cc3ccccc3)[C@@H]2c2ccc(Cl)c(Cl)c2)cc1. The van der Waals surface area contributed by atoms with Crippen LogP contribution in [-0.4, -0.2) is 5.91 Å². The van der Waals surface area contributed by atoms with Gasteiger partial charge in [0, 0.05) is 12.2 Å². The van der Waals surface area contributed by atoms with Crippen LogP contribution < -0.4 is 9.80 Å². The summed E-state index contributed by atoms with van der Waals surface area (Å²) >= 11 is 12.7.